The number of aliphatic hydroxyl groups is 4. The van der Waals surface area contributed by atoms with E-state index in [1.54, 1.807) is 32.9 Å². The van der Waals surface area contributed by atoms with Crippen molar-refractivity contribution in [3.63, 3.8) is 0 Å². The molecule has 2 heterocycles. The number of aliphatic hydroxyl groups excluding tert-OH is 3. The zero-order chi connectivity index (χ0) is 32.8. The van der Waals surface area contributed by atoms with E-state index in [9.17, 15) is 25.2 Å². The van der Waals surface area contributed by atoms with Crippen molar-refractivity contribution in [2.45, 2.75) is 124 Å². The van der Waals surface area contributed by atoms with E-state index in [2.05, 4.69) is 0 Å². The van der Waals surface area contributed by atoms with Crippen molar-refractivity contribution in [3.8, 4) is 0 Å². The van der Waals surface area contributed by atoms with Gasteiger partial charge < -0.3 is 34.6 Å². The molecular weight excluding hydrogens is 548 g/mol. The van der Waals surface area contributed by atoms with Gasteiger partial charge in [-0.05, 0) is 45.1 Å². The van der Waals surface area contributed by atoms with Gasteiger partial charge in [-0.2, -0.15) is 0 Å². The molecule has 0 aliphatic carbocycles. The number of allylic oxidation sites excluding steroid dienone is 5. The highest BCUT2D eigenvalue weighted by Crippen LogP contribution is 2.41. The molecule has 4 N–H and O–H groups in total. The minimum Gasteiger partial charge on any atom is -0.456 e. The minimum absolute atomic E-state index is 0.0267. The van der Waals surface area contributed by atoms with Crippen LogP contribution >= 0.6 is 0 Å². The molecule has 0 bridgehead atoms. The molecule has 1 saturated heterocycles. The van der Waals surface area contributed by atoms with E-state index in [4.69, 9.17) is 14.2 Å². The number of rotatable bonds is 6. The van der Waals surface area contributed by atoms with Gasteiger partial charge >= 0.3 is 5.97 Å². The van der Waals surface area contributed by atoms with E-state index in [0.29, 0.717) is 12.0 Å². The summed E-state index contributed by atoms with van der Waals surface area (Å²) in [5.41, 5.74) is 2.28. The molecule has 43 heavy (non-hydrogen) atoms. The van der Waals surface area contributed by atoms with E-state index < -0.39 is 54.1 Å². The molecule has 1 fully saturated rings. The monoisotopic (exact) mass is 606 g/mol. The fourth-order valence-electron chi connectivity index (χ4n) is 6.57. The van der Waals surface area contributed by atoms with Crippen LogP contribution in [-0.2, 0) is 19.0 Å². The van der Waals surface area contributed by atoms with Crippen molar-refractivity contribution in [1.29, 1.82) is 0 Å². The van der Waals surface area contributed by atoms with Crippen LogP contribution in [0.5, 0.6) is 0 Å². The summed E-state index contributed by atoms with van der Waals surface area (Å²) in [5.74, 6) is -4.03. The fourth-order valence-corrected chi connectivity index (χ4v) is 6.57. The lowest BCUT2D eigenvalue weighted by molar-refractivity contribution is -0.328. The highest BCUT2D eigenvalue weighted by atomic mass is 16.6. The van der Waals surface area contributed by atoms with Gasteiger partial charge in [0.25, 0.3) is 0 Å². The molecule has 246 valence electrons. The zero-order valence-corrected chi connectivity index (χ0v) is 28.2. The molecule has 0 saturated carbocycles. The van der Waals surface area contributed by atoms with Gasteiger partial charge in [0.15, 0.2) is 5.79 Å². The minimum atomic E-state index is -1.77. The molecule has 0 aromatic rings. The maximum absolute atomic E-state index is 13.4. The van der Waals surface area contributed by atoms with E-state index in [1.807, 2.05) is 66.7 Å². The van der Waals surface area contributed by atoms with Crippen LogP contribution in [0.25, 0.3) is 0 Å². The predicted molar refractivity (Wildman–Crippen MR) is 169 cm³/mol. The molecule has 2 aliphatic heterocycles. The fraction of sp³-hybridized carbons (Fsp3) is 0.743. The third-order valence-corrected chi connectivity index (χ3v) is 9.48. The molecule has 2 aliphatic rings. The molecule has 0 aromatic carbocycles. The van der Waals surface area contributed by atoms with Crippen molar-refractivity contribution in [3.05, 3.63) is 47.1 Å². The van der Waals surface area contributed by atoms with Gasteiger partial charge in [0.05, 0.1) is 24.4 Å². The molecule has 0 radical (unpaired) electrons. The molecule has 12 atom stereocenters. The standard InChI is InChI=1S/C35H58O8/c1-19(2)32-25(8)28(36)18-35(40,43-32)27(10)31(38)26(9)33-29(41-11)14-12-13-20(3)15-22(5)30(37)23(6)16-21(4)17-24(7)34(39)42-33/h12-14,16-17,19,22-23,25-33,36-38,40H,15,18H2,1-11H3/b14-12-,20-13+,21-16+,24-17-. The summed E-state index contributed by atoms with van der Waals surface area (Å²) in [4.78, 5) is 13.4. The number of hydrogen-bond donors (Lipinski definition) is 4. The lowest BCUT2D eigenvalue weighted by atomic mass is 9.76. The largest absolute Gasteiger partial charge is 0.456 e. The van der Waals surface area contributed by atoms with Crippen LogP contribution in [0.2, 0.25) is 0 Å². The van der Waals surface area contributed by atoms with Crippen molar-refractivity contribution in [1.82, 2.24) is 0 Å². The molecule has 0 aromatic heterocycles. The first kappa shape index (κ1) is 37.4. The molecule has 12 unspecified atom stereocenters. The van der Waals surface area contributed by atoms with Crippen LogP contribution < -0.4 is 0 Å². The Balaban J connectivity index is 2.48. The van der Waals surface area contributed by atoms with Gasteiger partial charge in [-0.3, -0.25) is 0 Å². The number of ether oxygens (including phenoxy) is 3. The molecular formula is C35H58O8. The van der Waals surface area contributed by atoms with Gasteiger partial charge in [0, 0.05) is 42.8 Å². The summed E-state index contributed by atoms with van der Waals surface area (Å²) < 4.78 is 18.0. The Labute approximate surface area is 259 Å². The van der Waals surface area contributed by atoms with E-state index >= 15 is 0 Å². The maximum Gasteiger partial charge on any atom is 0.334 e. The van der Waals surface area contributed by atoms with Crippen molar-refractivity contribution in [2.75, 3.05) is 7.11 Å². The average Bonchev–Trinajstić information content (AvgIpc) is 2.93. The van der Waals surface area contributed by atoms with Crippen LogP contribution in [0.3, 0.4) is 0 Å². The molecule has 0 spiro atoms. The second-order valence-electron chi connectivity index (χ2n) is 13.7. The van der Waals surface area contributed by atoms with Gasteiger partial charge in [-0.25, -0.2) is 4.79 Å². The Bertz CT molecular complexity index is 1040. The Morgan fingerprint density at radius 2 is 1.67 bits per heavy atom. The van der Waals surface area contributed by atoms with Crippen molar-refractivity contribution < 1.29 is 39.4 Å². The summed E-state index contributed by atoms with van der Waals surface area (Å²) in [5, 5.41) is 44.9. The molecule has 8 nitrogen and oxygen atoms in total. The summed E-state index contributed by atoms with van der Waals surface area (Å²) >= 11 is 0. The van der Waals surface area contributed by atoms with Crippen molar-refractivity contribution >= 4 is 5.97 Å². The van der Waals surface area contributed by atoms with E-state index in [0.717, 1.165) is 11.1 Å². The second kappa shape index (κ2) is 16.0. The SMILES string of the molecule is COC1/C=C\C=C(/C)CC(C)C(O)C(C)/C=C(C)/C=C(/C)C(=O)OC1C(C)C(O)C(C)C1(O)CC(O)C(C)C(C(C)C)O1. The summed E-state index contributed by atoms with van der Waals surface area (Å²) in [7, 11) is 1.52. The van der Waals surface area contributed by atoms with Gasteiger partial charge in [-0.1, -0.05) is 83.9 Å². The van der Waals surface area contributed by atoms with Crippen molar-refractivity contribution in [2.24, 2.45) is 35.5 Å². The number of hydrogen-bond acceptors (Lipinski definition) is 8. The second-order valence-corrected chi connectivity index (χ2v) is 13.7. The summed E-state index contributed by atoms with van der Waals surface area (Å²) in [6, 6.07) is 0. The van der Waals surface area contributed by atoms with Crippen LogP contribution in [0.15, 0.2) is 47.1 Å². The summed E-state index contributed by atoms with van der Waals surface area (Å²) in [6.45, 7) is 18.9. The first-order valence-electron chi connectivity index (χ1n) is 15.8. The molecule has 2 rings (SSSR count). The Morgan fingerprint density at radius 1 is 1.05 bits per heavy atom. The Morgan fingerprint density at radius 3 is 2.26 bits per heavy atom. The van der Waals surface area contributed by atoms with Crippen LogP contribution in [-0.4, -0.2) is 75.9 Å². The van der Waals surface area contributed by atoms with Gasteiger partial charge in [0.2, 0.25) is 0 Å². The van der Waals surface area contributed by atoms with Crippen LogP contribution in [0.1, 0.15) is 82.1 Å². The number of methoxy groups -OCH3 is 1. The zero-order valence-electron chi connectivity index (χ0n) is 28.2. The molecule has 0 amide bonds. The topological polar surface area (TPSA) is 126 Å². The first-order chi connectivity index (χ1) is 19.9. The van der Waals surface area contributed by atoms with Crippen LogP contribution in [0.4, 0.5) is 0 Å². The van der Waals surface area contributed by atoms with Gasteiger partial charge in [-0.15, -0.1) is 0 Å². The van der Waals surface area contributed by atoms with E-state index in [1.165, 1.54) is 7.11 Å². The third kappa shape index (κ3) is 9.59. The highest BCUT2D eigenvalue weighted by molar-refractivity contribution is 5.88. The average molecular weight is 607 g/mol. The first-order valence-corrected chi connectivity index (χ1v) is 15.8. The van der Waals surface area contributed by atoms with Crippen LogP contribution in [0, 0.1) is 35.5 Å². The lowest BCUT2D eigenvalue weighted by Gasteiger charge is -2.49. The van der Waals surface area contributed by atoms with E-state index in [-0.39, 0.29) is 36.2 Å². The number of carbonyl (C=O) groups excluding carboxylic acids is 1. The maximum atomic E-state index is 13.4. The third-order valence-electron chi connectivity index (χ3n) is 9.48. The normalized spacial score (nSPS) is 42.0. The highest BCUT2D eigenvalue weighted by Gasteiger charge is 2.51. The number of esters is 1. The summed E-state index contributed by atoms with van der Waals surface area (Å²) in [6.07, 6.45) is 5.44. The number of carbonyl (C=O) groups is 1. The van der Waals surface area contributed by atoms with Gasteiger partial charge in [0.1, 0.15) is 12.2 Å². The Hall–Kier alpha value is -1.81. The number of cyclic esters (lactones) is 1. The quantitative estimate of drug-likeness (QED) is 0.308. The predicted octanol–water partition coefficient (Wildman–Crippen LogP) is 5.11. The smallest absolute Gasteiger partial charge is 0.334 e. The Kier molecular flexibility index (Phi) is 13.9. The lowest BCUT2D eigenvalue weighted by Crippen LogP contribution is -2.59. The molecule has 8 heteroatoms.